The molecule has 0 bridgehead atoms. The minimum atomic E-state index is -0.195. The number of carbonyl (C=O) groups excluding carboxylic acids is 1. The molecule has 25 heavy (non-hydrogen) atoms. The fraction of sp³-hybridized carbons (Fsp3) is 0.316. The van der Waals surface area contributed by atoms with Crippen molar-refractivity contribution in [3.63, 3.8) is 0 Å². The number of rotatable bonds is 8. The Bertz CT molecular complexity index is 707. The van der Waals surface area contributed by atoms with Crippen LogP contribution in [0.2, 0.25) is 5.02 Å². The van der Waals surface area contributed by atoms with Gasteiger partial charge in [0.05, 0.1) is 13.2 Å². The Morgan fingerprint density at radius 1 is 1.16 bits per heavy atom. The van der Waals surface area contributed by atoms with E-state index in [-0.39, 0.29) is 18.6 Å². The molecule has 134 valence electrons. The number of nitrogens with one attached hydrogen (secondary N) is 1. The molecular formula is C19H23ClN2O3. The van der Waals surface area contributed by atoms with Gasteiger partial charge < -0.3 is 19.7 Å². The summed E-state index contributed by atoms with van der Waals surface area (Å²) in [4.78, 5) is 14.2. The summed E-state index contributed by atoms with van der Waals surface area (Å²) in [5.74, 6) is 0.944. The van der Waals surface area contributed by atoms with Gasteiger partial charge in [-0.05, 0) is 43.9 Å². The average molecular weight is 363 g/mol. The van der Waals surface area contributed by atoms with Crippen LogP contribution in [0.4, 0.5) is 0 Å². The van der Waals surface area contributed by atoms with Crippen molar-refractivity contribution < 1.29 is 14.3 Å². The first-order valence-corrected chi connectivity index (χ1v) is 8.33. The maximum absolute atomic E-state index is 12.1. The number of carbonyl (C=O) groups is 1. The number of hydrogen-bond donors (Lipinski definition) is 1. The van der Waals surface area contributed by atoms with Crippen molar-refractivity contribution in [2.24, 2.45) is 0 Å². The predicted octanol–water partition coefficient (Wildman–Crippen LogP) is 3.15. The quantitative estimate of drug-likeness (QED) is 0.783. The molecule has 0 aliphatic carbocycles. The average Bonchev–Trinajstić information content (AvgIpc) is 2.60. The van der Waals surface area contributed by atoms with Crippen molar-refractivity contribution >= 4 is 17.5 Å². The van der Waals surface area contributed by atoms with Crippen molar-refractivity contribution in [2.75, 3.05) is 34.4 Å². The van der Waals surface area contributed by atoms with Gasteiger partial charge in [-0.15, -0.1) is 0 Å². The molecule has 5 nitrogen and oxygen atoms in total. The summed E-state index contributed by atoms with van der Waals surface area (Å²) in [6, 6.07) is 14.9. The molecule has 0 aliphatic rings. The Balaban J connectivity index is 1.91. The highest BCUT2D eigenvalue weighted by Crippen LogP contribution is 2.25. The maximum Gasteiger partial charge on any atom is 0.258 e. The highest BCUT2D eigenvalue weighted by molar-refractivity contribution is 6.30. The van der Waals surface area contributed by atoms with Crippen molar-refractivity contribution in [3.05, 3.63) is 59.1 Å². The lowest BCUT2D eigenvalue weighted by molar-refractivity contribution is -0.123. The molecule has 1 amide bonds. The molecule has 0 radical (unpaired) electrons. The first-order chi connectivity index (χ1) is 12.0. The van der Waals surface area contributed by atoms with Crippen LogP contribution >= 0.6 is 11.6 Å². The van der Waals surface area contributed by atoms with Crippen LogP contribution in [-0.2, 0) is 4.79 Å². The summed E-state index contributed by atoms with van der Waals surface area (Å²) in [5, 5.41) is 3.58. The van der Waals surface area contributed by atoms with Gasteiger partial charge >= 0.3 is 0 Å². The van der Waals surface area contributed by atoms with Crippen LogP contribution in [-0.4, -0.2) is 45.2 Å². The van der Waals surface area contributed by atoms with E-state index >= 15 is 0 Å². The van der Waals surface area contributed by atoms with Gasteiger partial charge in [0.25, 0.3) is 5.91 Å². The summed E-state index contributed by atoms with van der Waals surface area (Å²) in [7, 11) is 5.49. The SMILES string of the molecule is COc1ccccc1OCC(=O)NCC(c1cccc(Cl)c1)N(C)C. The smallest absolute Gasteiger partial charge is 0.258 e. The minimum Gasteiger partial charge on any atom is -0.493 e. The molecule has 1 N–H and O–H groups in total. The second-order valence-electron chi connectivity index (χ2n) is 5.78. The standard InChI is InChI=1S/C19H23ClN2O3/c1-22(2)16(14-7-6-8-15(20)11-14)12-21-19(23)13-25-18-10-5-4-9-17(18)24-3/h4-11,16H,12-13H2,1-3H3,(H,21,23). The van der Waals surface area contributed by atoms with Gasteiger partial charge in [0.15, 0.2) is 18.1 Å². The number of methoxy groups -OCH3 is 1. The molecule has 0 saturated heterocycles. The molecular weight excluding hydrogens is 340 g/mol. The van der Waals surface area contributed by atoms with Crippen molar-refractivity contribution in [1.82, 2.24) is 10.2 Å². The van der Waals surface area contributed by atoms with E-state index in [1.807, 2.05) is 55.4 Å². The third kappa shape index (κ3) is 5.66. The second-order valence-corrected chi connectivity index (χ2v) is 6.21. The normalized spacial score (nSPS) is 11.9. The first kappa shape index (κ1) is 19.1. The highest BCUT2D eigenvalue weighted by Gasteiger charge is 2.16. The monoisotopic (exact) mass is 362 g/mol. The minimum absolute atomic E-state index is 0.0221. The Hall–Kier alpha value is -2.24. The number of halogens is 1. The van der Waals surface area contributed by atoms with E-state index < -0.39 is 0 Å². The number of amides is 1. The van der Waals surface area contributed by atoms with Crippen LogP contribution in [0.1, 0.15) is 11.6 Å². The van der Waals surface area contributed by atoms with Gasteiger partial charge in [0.1, 0.15) is 0 Å². The molecule has 2 aromatic rings. The second kappa shape index (κ2) is 9.30. The predicted molar refractivity (Wildman–Crippen MR) is 99.4 cm³/mol. The van der Waals surface area contributed by atoms with Crippen LogP contribution in [0.3, 0.4) is 0 Å². The lowest BCUT2D eigenvalue weighted by Crippen LogP contribution is -2.36. The molecule has 0 fully saturated rings. The van der Waals surface area contributed by atoms with E-state index in [1.54, 1.807) is 19.2 Å². The Labute approximate surface area is 153 Å². The zero-order valence-corrected chi connectivity index (χ0v) is 15.4. The molecule has 6 heteroatoms. The van der Waals surface area contributed by atoms with Crippen LogP contribution in [0, 0.1) is 0 Å². The van der Waals surface area contributed by atoms with E-state index in [2.05, 4.69) is 5.32 Å². The Kier molecular flexibility index (Phi) is 7.10. The van der Waals surface area contributed by atoms with E-state index in [9.17, 15) is 4.79 Å². The number of benzene rings is 2. The van der Waals surface area contributed by atoms with E-state index in [0.717, 1.165) is 5.56 Å². The largest absolute Gasteiger partial charge is 0.493 e. The molecule has 0 aliphatic heterocycles. The Morgan fingerprint density at radius 3 is 2.52 bits per heavy atom. The van der Waals surface area contributed by atoms with Gasteiger partial charge in [-0.3, -0.25) is 4.79 Å². The number of likely N-dealkylation sites (N-methyl/N-ethyl adjacent to an activating group) is 1. The molecule has 2 rings (SSSR count). The van der Waals surface area contributed by atoms with Crippen LogP contribution < -0.4 is 14.8 Å². The fourth-order valence-electron chi connectivity index (χ4n) is 2.46. The number of nitrogens with zero attached hydrogens (tertiary/aromatic N) is 1. The zero-order valence-electron chi connectivity index (χ0n) is 14.7. The third-order valence-electron chi connectivity index (χ3n) is 3.78. The van der Waals surface area contributed by atoms with Gasteiger partial charge in [0, 0.05) is 11.6 Å². The molecule has 2 aromatic carbocycles. The molecule has 1 atom stereocenters. The van der Waals surface area contributed by atoms with Crippen molar-refractivity contribution in [2.45, 2.75) is 6.04 Å². The number of ether oxygens (including phenoxy) is 2. The fourth-order valence-corrected chi connectivity index (χ4v) is 2.65. The molecule has 0 spiro atoms. The van der Waals surface area contributed by atoms with E-state index in [0.29, 0.717) is 23.1 Å². The summed E-state index contributed by atoms with van der Waals surface area (Å²) < 4.78 is 10.7. The zero-order chi connectivity index (χ0) is 18.2. The van der Waals surface area contributed by atoms with Gasteiger partial charge in [-0.2, -0.15) is 0 Å². The maximum atomic E-state index is 12.1. The van der Waals surface area contributed by atoms with Gasteiger partial charge in [-0.1, -0.05) is 35.9 Å². The van der Waals surface area contributed by atoms with Crippen LogP contribution in [0.15, 0.2) is 48.5 Å². The number of para-hydroxylation sites is 2. The highest BCUT2D eigenvalue weighted by atomic mass is 35.5. The topological polar surface area (TPSA) is 50.8 Å². The molecule has 0 aromatic heterocycles. The summed E-state index contributed by atoms with van der Waals surface area (Å²) in [6.45, 7) is 0.386. The van der Waals surface area contributed by atoms with Crippen LogP contribution in [0.5, 0.6) is 11.5 Å². The summed E-state index contributed by atoms with van der Waals surface area (Å²) in [6.07, 6.45) is 0. The van der Waals surface area contributed by atoms with E-state index in [4.69, 9.17) is 21.1 Å². The Morgan fingerprint density at radius 2 is 1.88 bits per heavy atom. The first-order valence-electron chi connectivity index (χ1n) is 7.95. The molecule has 0 saturated carbocycles. The molecule has 0 heterocycles. The third-order valence-corrected chi connectivity index (χ3v) is 4.01. The summed E-state index contributed by atoms with van der Waals surface area (Å²) >= 11 is 6.06. The van der Waals surface area contributed by atoms with Gasteiger partial charge in [0.2, 0.25) is 0 Å². The summed E-state index contributed by atoms with van der Waals surface area (Å²) in [5.41, 5.74) is 1.04. The lowest BCUT2D eigenvalue weighted by Gasteiger charge is -2.25. The van der Waals surface area contributed by atoms with Gasteiger partial charge in [-0.25, -0.2) is 0 Å². The van der Waals surface area contributed by atoms with E-state index in [1.165, 1.54) is 0 Å². The lowest BCUT2D eigenvalue weighted by atomic mass is 10.1. The molecule has 1 unspecified atom stereocenters. The van der Waals surface area contributed by atoms with Crippen molar-refractivity contribution in [3.8, 4) is 11.5 Å². The number of hydrogen-bond acceptors (Lipinski definition) is 4. The van der Waals surface area contributed by atoms with Crippen molar-refractivity contribution in [1.29, 1.82) is 0 Å². The van der Waals surface area contributed by atoms with Crippen LogP contribution in [0.25, 0.3) is 0 Å².